The molecule has 0 radical (unpaired) electrons. The third-order valence-electron chi connectivity index (χ3n) is 3.66. The first-order valence-electron chi connectivity index (χ1n) is 7.67. The van der Waals surface area contributed by atoms with Crippen LogP contribution in [0.15, 0.2) is 24.3 Å². The molecule has 138 valence electrons. The molecule has 2 unspecified atom stereocenters. The maximum atomic E-state index is 13.8. The summed E-state index contributed by atoms with van der Waals surface area (Å²) in [6.07, 6.45) is -4.52. The van der Waals surface area contributed by atoms with E-state index in [9.17, 15) is 27.2 Å². The van der Waals surface area contributed by atoms with Crippen molar-refractivity contribution in [1.29, 1.82) is 0 Å². The minimum atomic E-state index is -4.43. The predicted molar refractivity (Wildman–Crippen MR) is 81.3 cm³/mol. The van der Waals surface area contributed by atoms with Crippen molar-refractivity contribution in [2.45, 2.75) is 25.6 Å². The summed E-state index contributed by atoms with van der Waals surface area (Å²) >= 11 is 0. The number of hydrogen-bond donors (Lipinski definition) is 1. The summed E-state index contributed by atoms with van der Waals surface area (Å²) in [6.45, 7) is -0.180. The fourth-order valence-electron chi connectivity index (χ4n) is 2.54. The van der Waals surface area contributed by atoms with Gasteiger partial charge in [-0.15, -0.1) is 0 Å². The summed E-state index contributed by atoms with van der Waals surface area (Å²) in [5.74, 6) is -2.12. The lowest BCUT2D eigenvalue weighted by molar-refractivity contribution is -0.175. The Morgan fingerprint density at radius 3 is 2.72 bits per heavy atom. The lowest BCUT2D eigenvalue weighted by Gasteiger charge is -2.19. The van der Waals surface area contributed by atoms with Gasteiger partial charge in [0.05, 0.1) is 18.2 Å². The molecule has 1 aliphatic rings. The molecule has 1 aromatic rings. The number of carbonyl (C=O) groups is 2. The topological polar surface area (TPSA) is 58.6 Å². The number of benzene rings is 1. The number of ether oxygens (including phenoxy) is 1. The molecule has 0 saturated carbocycles. The summed E-state index contributed by atoms with van der Waals surface area (Å²) < 4.78 is 54.3. The highest BCUT2D eigenvalue weighted by atomic mass is 19.4. The second kappa shape index (κ2) is 7.81. The Hall–Kier alpha value is -2.16. The average Bonchev–Trinajstić information content (AvgIpc) is 2.88. The van der Waals surface area contributed by atoms with E-state index in [0.29, 0.717) is 0 Å². The Morgan fingerprint density at radius 1 is 1.40 bits per heavy atom. The van der Waals surface area contributed by atoms with Gasteiger partial charge in [-0.25, -0.2) is 4.39 Å². The smallest absolute Gasteiger partial charge is 0.370 e. The van der Waals surface area contributed by atoms with Crippen LogP contribution in [-0.4, -0.2) is 43.8 Å². The van der Waals surface area contributed by atoms with Crippen molar-refractivity contribution in [3.8, 4) is 0 Å². The number of rotatable bonds is 6. The molecule has 1 saturated heterocycles. The van der Waals surface area contributed by atoms with Gasteiger partial charge < -0.3 is 15.0 Å². The highest BCUT2D eigenvalue weighted by Gasteiger charge is 2.36. The van der Waals surface area contributed by atoms with Gasteiger partial charge in [-0.2, -0.15) is 13.2 Å². The van der Waals surface area contributed by atoms with Gasteiger partial charge in [-0.05, 0) is 19.1 Å². The molecule has 1 aromatic carbocycles. The molecule has 0 aromatic heterocycles. The van der Waals surface area contributed by atoms with Gasteiger partial charge >= 0.3 is 6.18 Å². The number of carbonyl (C=O) groups excluding carboxylic acids is 2. The molecule has 0 bridgehead atoms. The highest BCUT2D eigenvalue weighted by molar-refractivity contribution is 6.00. The third kappa shape index (κ3) is 5.42. The molecule has 1 heterocycles. The van der Waals surface area contributed by atoms with E-state index in [0.717, 1.165) is 0 Å². The first kappa shape index (κ1) is 19.2. The lowest BCUT2D eigenvalue weighted by atomic mass is 10.1. The van der Waals surface area contributed by atoms with Crippen molar-refractivity contribution >= 4 is 17.5 Å². The Labute approximate surface area is 141 Å². The molecule has 0 aliphatic carbocycles. The first-order chi connectivity index (χ1) is 11.7. The highest BCUT2D eigenvalue weighted by Crippen LogP contribution is 2.27. The van der Waals surface area contributed by atoms with Gasteiger partial charge in [-0.3, -0.25) is 9.59 Å². The normalized spacial score (nSPS) is 19.2. The van der Waals surface area contributed by atoms with E-state index in [1.807, 2.05) is 0 Å². The van der Waals surface area contributed by atoms with Gasteiger partial charge in [-0.1, -0.05) is 12.1 Å². The average molecular weight is 362 g/mol. The predicted octanol–water partition coefficient (Wildman–Crippen LogP) is 2.26. The van der Waals surface area contributed by atoms with E-state index in [-0.39, 0.29) is 31.2 Å². The molecular weight excluding hydrogens is 344 g/mol. The van der Waals surface area contributed by atoms with Crippen molar-refractivity contribution in [1.82, 2.24) is 5.32 Å². The summed E-state index contributed by atoms with van der Waals surface area (Å²) in [5.41, 5.74) is 0.101. The summed E-state index contributed by atoms with van der Waals surface area (Å²) in [7, 11) is 0. The van der Waals surface area contributed by atoms with Crippen LogP contribution < -0.4 is 10.2 Å². The molecule has 2 atom stereocenters. The number of amides is 2. The molecule has 5 nitrogen and oxygen atoms in total. The van der Waals surface area contributed by atoms with Crippen molar-refractivity contribution in [3.63, 3.8) is 0 Å². The van der Waals surface area contributed by atoms with E-state index in [4.69, 9.17) is 0 Å². The fourth-order valence-corrected chi connectivity index (χ4v) is 2.54. The van der Waals surface area contributed by atoms with Crippen molar-refractivity contribution in [2.24, 2.45) is 5.92 Å². The summed E-state index contributed by atoms with van der Waals surface area (Å²) in [5, 5.41) is 2.51. The molecule has 9 heteroatoms. The van der Waals surface area contributed by atoms with Crippen LogP contribution in [0.4, 0.5) is 23.2 Å². The van der Waals surface area contributed by atoms with Crippen molar-refractivity contribution in [2.75, 3.05) is 24.7 Å². The molecule has 25 heavy (non-hydrogen) atoms. The van der Waals surface area contributed by atoms with Gasteiger partial charge in [0, 0.05) is 19.0 Å². The molecule has 1 fully saturated rings. The van der Waals surface area contributed by atoms with Gasteiger partial charge in [0.1, 0.15) is 12.4 Å². The van der Waals surface area contributed by atoms with Gasteiger partial charge in [0.2, 0.25) is 11.8 Å². The Balaban J connectivity index is 1.87. The minimum Gasteiger partial charge on any atom is -0.370 e. The zero-order valence-electron chi connectivity index (χ0n) is 13.5. The fraction of sp³-hybridized carbons (Fsp3) is 0.500. The Morgan fingerprint density at radius 2 is 2.08 bits per heavy atom. The van der Waals surface area contributed by atoms with Crippen LogP contribution in [-0.2, 0) is 14.3 Å². The molecule has 2 rings (SSSR count). The van der Waals surface area contributed by atoms with E-state index in [2.05, 4.69) is 10.1 Å². The molecule has 1 N–H and O–H groups in total. The van der Waals surface area contributed by atoms with Crippen LogP contribution in [0, 0.1) is 11.7 Å². The van der Waals surface area contributed by atoms with Crippen LogP contribution in [0.5, 0.6) is 0 Å². The second-order valence-corrected chi connectivity index (χ2v) is 5.90. The van der Waals surface area contributed by atoms with E-state index < -0.39 is 36.5 Å². The van der Waals surface area contributed by atoms with Crippen LogP contribution in [0.2, 0.25) is 0 Å². The Kier molecular flexibility index (Phi) is 5.99. The number of anilines is 1. The number of para-hydroxylation sites is 1. The van der Waals surface area contributed by atoms with Crippen LogP contribution in [0.25, 0.3) is 0 Å². The lowest BCUT2D eigenvalue weighted by Crippen LogP contribution is -2.41. The summed E-state index contributed by atoms with van der Waals surface area (Å²) in [4.78, 5) is 25.4. The Bertz CT molecular complexity index is 636. The minimum absolute atomic E-state index is 0.0156. The van der Waals surface area contributed by atoms with E-state index >= 15 is 0 Å². The first-order valence-corrected chi connectivity index (χ1v) is 7.67. The zero-order valence-corrected chi connectivity index (χ0v) is 13.5. The van der Waals surface area contributed by atoms with Crippen LogP contribution in [0.3, 0.4) is 0 Å². The molecule has 1 aliphatic heterocycles. The van der Waals surface area contributed by atoms with Crippen LogP contribution >= 0.6 is 0 Å². The largest absolute Gasteiger partial charge is 0.411 e. The molecule has 0 spiro atoms. The van der Waals surface area contributed by atoms with Crippen molar-refractivity contribution in [3.05, 3.63) is 30.1 Å². The maximum absolute atomic E-state index is 13.8. The quantitative estimate of drug-likeness (QED) is 0.790. The molecule has 2 amide bonds. The van der Waals surface area contributed by atoms with Crippen LogP contribution in [0.1, 0.15) is 13.3 Å². The second-order valence-electron chi connectivity index (χ2n) is 5.90. The summed E-state index contributed by atoms with van der Waals surface area (Å²) in [6, 6.07) is 5.09. The number of nitrogens with zero attached hydrogens (tertiary/aromatic N) is 1. The van der Waals surface area contributed by atoms with E-state index in [1.54, 1.807) is 6.07 Å². The third-order valence-corrected chi connectivity index (χ3v) is 3.66. The van der Waals surface area contributed by atoms with Gasteiger partial charge in [0.15, 0.2) is 0 Å². The SMILES string of the molecule is CC(COCC(F)(F)F)NC(=O)C1CC(=O)N(c2ccccc2F)C1. The van der Waals surface area contributed by atoms with Gasteiger partial charge in [0.25, 0.3) is 0 Å². The number of hydrogen-bond acceptors (Lipinski definition) is 3. The van der Waals surface area contributed by atoms with Crippen molar-refractivity contribution < 1.29 is 31.9 Å². The number of nitrogens with one attached hydrogen (secondary N) is 1. The number of alkyl halides is 3. The maximum Gasteiger partial charge on any atom is 0.411 e. The van der Waals surface area contributed by atoms with E-state index in [1.165, 1.54) is 30.0 Å². The standard InChI is InChI=1S/C16H18F4N2O3/c1-10(8-25-9-16(18,19)20)21-15(24)11-6-14(23)22(7-11)13-5-3-2-4-12(13)17/h2-5,10-11H,6-9H2,1H3,(H,21,24). The zero-order chi connectivity index (χ0) is 18.6. The number of halogens is 4. The monoisotopic (exact) mass is 362 g/mol. The molecular formula is C16H18F4N2O3.